The molecule has 2 aliphatic rings. The molecule has 0 aromatic heterocycles. The minimum atomic E-state index is -0.648. The molecule has 178 valence electrons. The van der Waals surface area contributed by atoms with Crippen molar-refractivity contribution in [2.45, 2.75) is 51.4 Å². The molecule has 4 rings (SSSR count). The third kappa shape index (κ3) is 4.76. The summed E-state index contributed by atoms with van der Waals surface area (Å²) in [7, 11) is 0. The standard InChI is InChI=1S/C26H26F2N2O4/c27-17-9-11-21-19(15-17)23(31)25(33)29(21)13-7-5-3-1-2-4-6-8-14-30-22-12-10-18(28)16-20(22)24(32)26(30)34/h9-12,15-16H,1-8,13-14H2. The number of benzene rings is 2. The average Bonchev–Trinajstić information content (AvgIpc) is 3.19. The Kier molecular flexibility index (Phi) is 7.14. The first-order valence-corrected chi connectivity index (χ1v) is 11.7. The Balaban J connectivity index is 1.10. The zero-order valence-electron chi connectivity index (χ0n) is 18.8. The second-order valence-electron chi connectivity index (χ2n) is 8.72. The SMILES string of the molecule is O=C1C(=O)N(CCCCCCCCCCN2C(=O)C(=O)c3cc(F)ccc32)c2ccc(F)cc21. The van der Waals surface area contributed by atoms with Crippen molar-refractivity contribution in [1.82, 2.24) is 0 Å². The van der Waals surface area contributed by atoms with Gasteiger partial charge in [0.05, 0.1) is 22.5 Å². The summed E-state index contributed by atoms with van der Waals surface area (Å²) in [5.41, 5.74) is 1.26. The van der Waals surface area contributed by atoms with E-state index in [-0.39, 0.29) is 11.1 Å². The van der Waals surface area contributed by atoms with Crippen LogP contribution in [-0.2, 0) is 9.59 Å². The van der Waals surface area contributed by atoms with Crippen LogP contribution in [0, 0.1) is 11.6 Å². The van der Waals surface area contributed by atoms with Crippen LogP contribution in [0.5, 0.6) is 0 Å². The second-order valence-corrected chi connectivity index (χ2v) is 8.72. The number of fused-ring (bicyclic) bond motifs is 2. The van der Waals surface area contributed by atoms with E-state index >= 15 is 0 Å². The lowest BCUT2D eigenvalue weighted by Crippen LogP contribution is -2.30. The van der Waals surface area contributed by atoms with E-state index in [2.05, 4.69) is 0 Å². The summed E-state index contributed by atoms with van der Waals surface area (Å²) >= 11 is 0. The number of hydrogen-bond acceptors (Lipinski definition) is 4. The summed E-state index contributed by atoms with van der Waals surface area (Å²) < 4.78 is 26.7. The molecule has 8 heteroatoms. The molecule has 6 nitrogen and oxygen atoms in total. The average molecular weight is 469 g/mol. The van der Waals surface area contributed by atoms with Crippen molar-refractivity contribution in [3.8, 4) is 0 Å². The minimum Gasteiger partial charge on any atom is -0.305 e. The number of amides is 2. The van der Waals surface area contributed by atoms with Gasteiger partial charge in [-0.1, -0.05) is 38.5 Å². The Bertz CT molecular complexity index is 1060. The van der Waals surface area contributed by atoms with Crippen molar-refractivity contribution in [1.29, 1.82) is 0 Å². The number of carbonyl (C=O) groups is 4. The quantitative estimate of drug-likeness (QED) is 0.349. The summed E-state index contributed by atoms with van der Waals surface area (Å²) in [6.45, 7) is 0.883. The van der Waals surface area contributed by atoms with Gasteiger partial charge in [0.1, 0.15) is 11.6 Å². The van der Waals surface area contributed by atoms with Gasteiger partial charge in [0.2, 0.25) is 0 Å². The largest absolute Gasteiger partial charge is 0.305 e. The number of ketones is 2. The van der Waals surface area contributed by atoms with Crippen molar-refractivity contribution in [2.24, 2.45) is 0 Å². The van der Waals surface area contributed by atoms with Gasteiger partial charge in [-0.25, -0.2) is 8.78 Å². The van der Waals surface area contributed by atoms with Gasteiger partial charge < -0.3 is 9.80 Å². The summed E-state index contributed by atoms with van der Waals surface area (Å²) in [6.07, 6.45) is 7.46. The number of anilines is 2. The molecule has 2 aromatic carbocycles. The zero-order valence-corrected chi connectivity index (χ0v) is 18.8. The fourth-order valence-corrected chi connectivity index (χ4v) is 4.59. The number of carbonyl (C=O) groups excluding carboxylic acids is 4. The molecule has 0 fully saturated rings. The molecule has 0 bridgehead atoms. The second kappa shape index (κ2) is 10.2. The first kappa shape index (κ1) is 23.7. The highest BCUT2D eigenvalue weighted by atomic mass is 19.1. The van der Waals surface area contributed by atoms with Crippen LogP contribution in [0.1, 0.15) is 72.1 Å². The summed E-state index contributed by atoms with van der Waals surface area (Å²) in [6, 6.07) is 7.71. The first-order valence-electron chi connectivity index (χ1n) is 11.7. The van der Waals surface area contributed by atoms with Crippen molar-refractivity contribution in [3.05, 3.63) is 59.2 Å². The molecule has 34 heavy (non-hydrogen) atoms. The molecule has 0 aliphatic carbocycles. The summed E-state index contributed by atoms with van der Waals surface area (Å²) in [5, 5.41) is 0. The molecular weight excluding hydrogens is 442 g/mol. The molecule has 2 aliphatic heterocycles. The van der Waals surface area contributed by atoms with E-state index in [1.54, 1.807) is 0 Å². The van der Waals surface area contributed by atoms with E-state index in [4.69, 9.17) is 0 Å². The lowest BCUT2D eigenvalue weighted by atomic mass is 10.1. The maximum atomic E-state index is 13.4. The fraction of sp³-hybridized carbons (Fsp3) is 0.385. The molecule has 0 saturated heterocycles. The van der Waals surface area contributed by atoms with Crippen molar-refractivity contribution in [2.75, 3.05) is 22.9 Å². The molecule has 2 heterocycles. The fourth-order valence-electron chi connectivity index (χ4n) is 4.59. The lowest BCUT2D eigenvalue weighted by molar-refractivity contribution is -0.114. The molecule has 2 aromatic rings. The molecule has 0 spiro atoms. The van der Waals surface area contributed by atoms with Crippen molar-refractivity contribution < 1.29 is 28.0 Å². The number of hydrogen-bond donors (Lipinski definition) is 0. The lowest BCUT2D eigenvalue weighted by Gasteiger charge is -2.16. The van der Waals surface area contributed by atoms with Gasteiger partial charge in [-0.05, 0) is 49.2 Å². The number of Topliss-reactive ketones (excluding diaryl/α,β-unsaturated/α-hetero) is 2. The van der Waals surface area contributed by atoms with Crippen LogP contribution >= 0.6 is 0 Å². The highest BCUT2D eigenvalue weighted by Gasteiger charge is 2.36. The highest BCUT2D eigenvalue weighted by molar-refractivity contribution is 6.52. The number of rotatable bonds is 11. The number of halogens is 2. The Morgan fingerprint density at radius 2 is 0.882 bits per heavy atom. The van der Waals surface area contributed by atoms with E-state index < -0.39 is 35.0 Å². The predicted octanol–water partition coefficient (Wildman–Crippen LogP) is 4.84. The Labute approximate surface area is 196 Å². The normalized spacial score (nSPS) is 14.9. The van der Waals surface area contributed by atoms with Gasteiger partial charge >= 0.3 is 0 Å². The Morgan fingerprint density at radius 3 is 1.26 bits per heavy atom. The number of unbranched alkanes of at least 4 members (excludes halogenated alkanes) is 7. The van der Waals surface area contributed by atoms with Gasteiger partial charge in [0.25, 0.3) is 23.4 Å². The smallest absolute Gasteiger partial charge is 0.299 e. The van der Waals surface area contributed by atoms with Gasteiger partial charge in [-0.3, -0.25) is 19.2 Å². The Hall–Kier alpha value is -3.42. The van der Waals surface area contributed by atoms with Gasteiger partial charge in [0, 0.05) is 13.1 Å². The molecular formula is C26H26F2N2O4. The molecule has 0 radical (unpaired) electrons. The van der Waals surface area contributed by atoms with Crippen LogP contribution in [0.25, 0.3) is 0 Å². The van der Waals surface area contributed by atoms with E-state index in [0.717, 1.165) is 63.5 Å². The van der Waals surface area contributed by atoms with E-state index in [1.165, 1.54) is 34.1 Å². The van der Waals surface area contributed by atoms with Crippen LogP contribution in [0.4, 0.5) is 20.2 Å². The van der Waals surface area contributed by atoms with Crippen LogP contribution in [-0.4, -0.2) is 36.5 Å². The van der Waals surface area contributed by atoms with Gasteiger partial charge in [0.15, 0.2) is 0 Å². The zero-order chi connectivity index (χ0) is 24.2. The van der Waals surface area contributed by atoms with Crippen LogP contribution in [0.15, 0.2) is 36.4 Å². The maximum Gasteiger partial charge on any atom is 0.299 e. The predicted molar refractivity (Wildman–Crippen MR) is 123 cm³/mol. The van der Waals surface area contributed by atoms with Gasteiger partial charge in [-0.2, -0.15) is 0 Å². The van der Waals surface area contributed by atoms with Crippen LogP contribution < -0.4 is 9.80 Å². The first-order chi connectivity index (χ1) is 16.4. The molecule has 0 saturated carbocycles. The molecule has 2 amide bonds. The van der Waals surface area contributed by atoms with Gasteiger partial charge in [-0.15, -0.1) is 0 Å². The molecule has 0 N–H and O–H groups in total. The van der Waals surface area contributed by atoms with Crippen molar-refractivity contribution in [3.63, 3.8) is 0 Å². The van der Waals surface area contributed by atoms with Crippen LogP contribution in [0.2, 0.25) is 0 Å². The maximum absolute atomic E-state index is 13.4. The van der Waals surface area contributed by atoms with E-state index in [1.807, 2.05) is 0 Å². The van der Waals surface area contributed by atoms with E-state index in [9.17, 15) is 28.0 Å². The summed E-state index contributed by atoms with van der Waals surface area (Å²) in [5.74, 6) is -3.53. The third-order valence-electron chi connectivity index (χ3n) is 6.38. The number of nitrogens with zero attached hydrogens (tertiary/aromatic N) is 2. The van der Waals surface area contributed by atoms with E-state index in [0.29, 0.717) is 24.5 Å². The monoisotopic (exact) mass is 468 g/mol. The summed E-state index contributed by atoms with van der Waals surface area (Å²) in [4.78, 5) is 51.2. The van der Waals surface area contributed by atoms with Crippen LogP contribution in [0.3, 0.4) is 0 Å². The molecule has 0 atom stereocenters. The van der Waals surface area contributed by atoms with Crippen molar-refractivity contribution >= 4 is 34.8 Å². The minimum absolute atomic E-state index is 0.139. The Morgan fingerprint density at radius 1 is 0.529 bits per heavy atom. The highest BCUT2D eigenvalue weighted by Crippen LogP contribution is 2.31. The third-order valence-corrected chi connectivity index (χ3v) is 6.38. The molecule has 0 unspecified atom stereocenters. The topological polar surface area (TPSA) is 74.8 Å².